The summed E-state index contributed by atoms with van der Waals surface area (Å²) in [5.41, 5.74) is 1.04. The zero-order chi connectivity index (χ0) is 13.1. The van der Waals surface area contributed by atoms with Gasteiger partial charge in [-0.15, -0.1) is 11.8 Å². The van der Waals surface area contributed by atoms with E-state index in [1.165, 1.54) is 35.5 Å². The average molecular weight is 277 g/mol. The first-order chi connectivity index (χ1) is 9.27. The fraction of sp³-hybridized carbons (Fsp3) is 0.625. The Morgan fingerprint density at radius 2 is 2.00 bits per heavy atom. The van der Waals surface area contributed by atoms with E-state index < -0.39 is 5.60 Å². The molecule has 0 saturated heterocycles. The summed E-state index contributed by atoms with van der Waals surface area (Å²) in [5.74, 6) is 1.78. The normalized spacial score (nSPS) is 25.2. The minimum Gasteiger partial charge on any atom is -0.389 e. The Morgan fingerprint density at radius 1 is 1.21 bits per heavy atom. The number of fused-ring (bicyclic) bond motifs is 1. The van der Waals surface area contributed by atoms with Gasteiger partial charge >= 0.3 is 0 Å². The lowest BCUT2D eigenvalue weighted by atomic mass is 9.85. The molecule has 1 atom stereocenters. The van der Waals surface area contributed by atoms with Crippen LogP contribution in [0.15, 0.2) is 29.2 Å². The molecule has 1 unspecified atom stereocenters. The van der Waals surface area contributed by atoms with E-state index in [1.807, 2.05) is 11.8 Å². The van der Waals surface area contributed by atoms with E-state index in [2.05, 4.69) is 29.6 Å². The van der Waals surface area contributed by atoms with Crippen molar-refractivity contribution in [2.24, 2.45) is 0 Å². The molecule has 0 spiro atoms. The predicted molar refractivity (Wildman–Crippen MR) is 80.8 cm³/mol. The van der Waals surface area contributed by atoms with Crippen LogP contribution >= 0.6 is 11.8 Å². The van der Waals surface area contributed by atoms with Gasteiger partial charge in [-0.25, -0.2) is 0 Å². The van der Waals surface area contributed by atoms with Gasteiger partial charge in [0.2, 0.25) is 0 Å². The van der Waals surface area contributed by atoms with Gasteiger partial charge in [0.05, 0.1) is 5.60 Å². The van der Waals surface area contributed by atoms with E-state index in [4.69, 9.17) is 0 Å². The van der Waals surface area contributed by atoms with Crippen LogP contribution in [0.1, 0.15) is 43.6 Å². The number of benzene rings is 1. The maximum Gasteiger partial charge on any atom is 0.0771 e. The SMILES string of the molecule is OC1(CNCC2CSc3ccccc32)CCCCC1. The Hall–Kier alpha value is -0.510. The maximum atomic E-state index is 10.5. The van der Waals surface area contributed by atoms with E-state index in [9.17, 15) is 5.11 Å². The summed E-state index contributed by atoms with van der Waals surface area (Å²) in [6.45, 7) is 1.75. The van der Waals surface area contributed by atoms with Crippen LogP contribution in [0.3, 0.4) is 0 Å². The molecule has 1 saturated carbocycles. The largest absolute Gasteiger partial charge is 0.389 e. The van der Waals surface area contributed by atoms with Crippen LogP contribution in [0.5, 0.6) is 0 Å². The van der Waals surface area contributed by atoms with Crippen LogP contribution in [0, 0.1) is 0 Å². The van der Waals surface area contributed by atoms with Crippen LogP contribution < -0.4 is 5.32 Å². The van der Waals surface area contributed by atoms with E-state index in [0.29, 0.717) is 5.92 Å². The number of rotatable bonds is 4. The molecule has 0 aromatic heterocycles. The summed E-state index contributed by atoms with van der Waals surface area (Å²) < 4.78 is 0. The maximum absolute atomic E-state index is 10.5. The van der Waals surface area contributed by atoms with Crippen molar-refractivity contribution < 1.29 is 5.11 Å². The monoisotopic (exact) mass is 277 g/mol. The lowest BCUT2D eigenvalue weighted by Gasteiger charge is -2.32. The summed E-state index contributed by atoms with van der Waals surface area (Å²) in [6.07, 6.45) is 5.58. The third-order valence-corrected chi connectivity index (χ3v) is 5.68. The molecule has 104 valence electrons. The number of nitrogens with one attached hydrogen (secondary N) is 1. The summed E-state index contributed by atoms with van der Waals surface area (Å²) in [4.78, 5) is 1.44. The van der Waals surface area contributed by atoms with Crippen LogP contribution in [0.2, 0.25) is 0 Å². The zero-order valence-electron chi connectivity index (χ0n) is 11.4. The number of thioether (sulfide) groups is 1. The van der Waals surface area contributed by atoms with Crippen molar-refractivity contribution in [2.45, 2.75) is 48.5 Å². The topological polar surface area (TPSA) is 32.3 Å². The highest BCUT2D eigenvalue weighted by Gasteiger charge is 2.29. The van der Waals surface area contributed by atoms with Crippen molar-refractivity contribution in [1.29, 1.82) is 0 Å². The van der Waals surface area contributed by atoms with Gasteiger partial charge in [-0.3, -0.25) is 0 Å². The Morgan fingerprint density at radius 3 is 2.84 bits per heavy atom. The highest BCUT2D eigenvalue weighted by atomic mass is 32.2. The average Bonchev–Trinajstić information content (AvgIpc) is 2.83. The Labute approximate surface area is 120 Å². The molecule has 1 fully saturated rings. The predicted octanol–water partition coefficient (Wildman–Crippen LogP) is 3.16. The molecule has 2 nitrogen and oxygen atoms in total. The van der Waals surface area contributed by atoms with Crippen LogP contribution in [0.4, 0.5) is 0 Å². The van der Waals surface area contributed by atoms with Gasteiger partial charge in [0.15, 0.2) is 0 Å². The van der Waals surface area contributed by atoms with Crippen molar-refractivity contribution in [3.05, 3.63) is 29.8 Å². The minimum absolute atomic E-state index is 0.441. The molecular formula is C16H23NOS. The van der Waals surface area contributed by atoms with Gasteiger partial charge in [0.1, 0.15) is 0 Å². The van der Waals surface area contributed by atoms with Crippen molar-refractivity contribution in [2.75, 3.05) is 18.8 Å². The second-order valence-electron chi connectivity index (χ2n) is 5.96. The van der Waals surface area contributed by atoms with Crippen molar-refractivity contribution >= 4 is 11.8 Å². The molecule has 0 amide bonds. The Bertz CT molecular complexity index is 429. The highest BCUT2D eigenvalue weighted by Crippen LogP contribution is 2.38. The second kappa shape index (κ2) is 5.86. The molecule has 1 heterocycles. The molecule has 1 aliphatic carbocycles. The highest BCUT2D eigenvalue weighted by molar-refractivity contribution is 7.99. The standard InChI is InChI=1S/C16H23NOS/c18-16(8-4-1-5-9-16)12-17-10-13-11-19-15-7-3-2-6-14(13)15/h2-3,6-7,13,17-18H,1,4-5,8-12H2. The quantitative estimate of drug-likeness (QED) is 0.886. The molecule has 1 aromatic rings. The molecule has 3 heteroatoms. The van der Waals surface area contributed by atoms with E-state index in [1.54, 1.807) is 0 Å². The van der Waals surface area contributed by atoms with E-state index in [-0.39, 0.29) is 0 Å². The van der Waals surface area contributed by atoms with E-state index >= 15 is 0 Å². The number of hydrogen-bond acceptors (Lipinski definition) is 3. The first-order valence-electron chi connectivity index (χ1n) is 7.42. The van der Waals surface area contributed by atoms with Gasteiger partial charge in [-0.05, 0) is 24.5 Å². The lowest BCUT2D eigenvalue weighted by molar-refractivity contribution is 0.00491. The summed E-state index contributed by atoms with van der Waals surface area (Å²) in [7, 11) is 0. The van der Waals surface area contributed by atoms with Gasteiger partial charge in [0, 0.05) is 29.7 Å². The summed E-state index contributed by atoms with van der Waals surface area (Å²) in [6, 6.07) is 8.71. The minimum atomic E-state index is -0.441. The van der Waals surface area contributed by atoms with Crippen LogP contribution in [0.25, 0.3) is 0 Å². The number of hydrogen-bond donors (Lipinski definition) is 2. The molecule has 3 rings (SSSR count). The molecular weight excluding hydrogens is 254 g/mol. The zero-order valence-corrected chi connectivity index (χ0v) is 12.2. The van der Waals surface area contributed by atoms with Crippen LogP contribution in [-0.4, -0.2) is 29.5 Å². The first-order valence-corrected chi connectivity index (χ1v) is 8.40. The molecule has 0 radical (unpaired) electrons. The fourth-order valence-electron chi connectivity index (χ4n) is 3.26. The van der Waals surface area contributed by atoms with Crippen LogP contribution in [-0.2, 0) is 0 Å². The van der Waals surface area contributed by atoms with Gasteiger partial charge < -0.3 is 10.4 Å². The van der Waals surface area contributed by atoms with Gasteiger partial charge in [0.25, 0.3) is 0 Å². The molecule has 2 aliphatic rings. The molecule has 1 aromatic carbocycles. The first kappa shape index (κ1) is 13.5. The van der Waals surface area contributed by atoms with E-state index in [0.717, 1.165) is 25.9 Å². The van der Waals surface area contributed by atoms with Crippen molar-refractivity contribution in [3.8, 4) is 0 Å². The lowest BCUT2D eigenvalue weighted by Crippen LogP contribution is -2.43. The van der Waals surface area contributed by atoms with Crippen molar-refractivity contribution in [1.82, 2.24) is 5.32 Å². The van der Waals surface area contributed by atoms with Gasteiger partial charge in [-0.1, -0.05) is 37.5 Å². The van der Waals surface area contributed by atoms with Gasteiger partial charge in [-0.2, -0.15) is 0 Å². The molecule has 1 aliphatic heterocycles. The Balaban J connectivity index is 1.51. The molecule has 0 bridgehead atoms. The third kappa shape index (κ3) is 3.15. The Kier molecular flexibility index (Phi) is 4.15. The summed E-state index contributed by atoms with van der Waals surface area (Å²) in [5, 5.41) is 14.0. The fourth-order valence-corrected chi connectivity index (χ4v) is 4.52. The van der Waals surface area contributed by atoms with Crippen molar-refractivity contribution in [3.63, 3.8) is 0 Å². The molecule has 19 heavy (non-hydrogen) atoms. The number of aliphatic hydroxyl groups is 1. The summed E-state index contributed by atoms with van der Waals surface area (Å²) >= 11 is 1.96. The smallest absolute Gasteiger partial charge is 0.0771 e. The third-order valence-electron chi connectivity index (χ3n) is 4.43. The molecule has 2 N–H and O–H groups in total. The second-order valence-corrected chi connectivity index (χ2v) is 7.02.